The molecular weight excluding hydrogens is 320 g/mol. The highest BCUT2D eigenvalue weighted by Crippen LogP contribution is 2.34. The quantitative estimate of drug-likeness (QED) is 0.769. The molecule has 0 bridgehead atoms. The van der Waals surface area contributed by atoms with Gasteiger partial charge in [-0.05, 0) is 38.8 Å². The van der Waals surface area contributed by atoms with Crippen LogP contribution in [0.2, 0.25) is 0 Å². The minimum absolute atomic E-state index is 0.133. The zero-order valence-corrected chi connectivity index (χ0v) is 15.0. The van der Waals surface area contributed by atoms with E-state index in [0.29, 0.717) is 18.5 Å². The fraction of sp³-hybridized carbons (Fsp3) is 0.778. The van der Waals surface area contributed by atoms with Gasteiger partial charge in [-0.15, -0.1) is 0 Å². The number of aromatic nitrogens is 2. The third kappa shape index (κ3) is 3.73. The Morgan fingerprint density at radius 1 is 1.20 bits per heavy atom. The lowest BCUT2D eigenvalue weighted by Crippen LogP contribution is -2.52. The van der Waals surface area contributed by atoms with E-state index in [1.807, 2.05) is 6.07 Å². The molecule has 7 nitrogen and oxygen atoms in total. The number of nitrogens with zero attached hydrogens (tertiary/aromatic N) is 4. The van der Waals surface area contributed by atoms with Crippen LogP contribution in [0.3, 0.4) is 0 Å². The van der Waals surface area contributed by atoms with E-state index in [2.05, 4.69) is 19.8 Å². The minimum atomic E-state index is 0.133. The Kier molecular flexibility index (Phi) is 5.33. The van der Waals surface area contributed by atoms with Crippen LogP contribution in [0, 0.1) is 0 Å². The summed E-state index contributed by atoms with van der Waals surface area (Å²) in [5.74, 6) is 1.52. The summed E-state index contributed by atoms with van der Waals surface area (Å²) in [6, 6.07) is 2.23. The lowest BCUT2D eigenvalue weighted by molar-refractivity contribution is -0.0739. The Morgan fingerprint density at radius 3 is 2.92 bits per heavy atom. The van der Waals surface area contributed by atoms with Crippen LogP contribution < -0.4 is 9.64 Å². The SMILES string of the molecule is COc1cc(N2CCO[C@@H]3[C@@H](OCCN4CCCC4)CC[C@H]32)ncn1. The van der Waals surface area contributed by atoms with Gasteiger partial charge in [0.15, 0.2) is 0 Å². The average molecular weight is 348 g/mol. The first-order valence-corrected chi connectivity index (χ1v) is 9.43. The summed E-state index contributed by atoms with van der Waals surface area (Å²) in [6.45, 7) is 5.85. The molecule has 3 aliphatic rings. The van der Waals surface area contributed by atoms with E-state index in [9.17, 15) is 0 Å². The lowest BCUT2D eigenvalue weighted by Gasteiger charge is -2.39. The smallest absolute Gasteiger partial charge is 0.218 e. The normalized spacial score (nSPS) is 29.8. The van der Waals surface area contributed by atoms with Gasteiger partial charge in [-0.3, -0.25) is 0 Å². The van der Waals surface area contributed by atoms with E-state index in [-0.39, 0.29) is 12.2 Å². The average Bonchev–Trinajstić information content (AvgIpc) is 3.32. The van der Waals surface area contributed by atoms with Gasteiger partial charge in [0, 0.05) is 19.2 Å². The van der Waals surface area contributed by atoms with Crippen LogP contribution in [0.1, 0.15) is 25.7 Å². The molecule has 7 heteroatoms. The number of morpholine rings is 1. The van der Waals surface area contributed by atoms with Gasteiger partial charge in [0.2, 0.25) is 5.88 Å². The first-order valence-electron chi connectivity index (χ1n) is 9.43. The summed E-state index contributed by atoms with van der Waals surface area (Å²) in [5, 5.41) is 0. The highest BCUT2D eigenvalue weighted by molar-refractivity contribution is 5.43. The molecule has 1 aromatic rings. The van der Waals surface area contributed by atoms with E-state index in [4.69, 9.17) is 14.2 Å². The van der Waals surface area contributed by atoms with Crippen LogP contribution in [0.15, 0.2) is 12.4 Å². The van der Waals surface area contributed by atoms with Crippen LogP contribution in [0.4, 0.5) is 5.82 Å². The summed E-state index contributed by atoms with van der Waals surface area (Å²) in [6.07, 6.45) is 6.67. The standard InChI is InChI=1S/C18H28N4O3/c1-23-17-12-16(19-13-20-17)22-9-11-25-18-14(22)4-5-15(18)24-10-8-21-6-2-3-7-21/h12-15,18H,2-11H2,1H3/t14-,15+,18+/m1/s1. The number of anilines is 1. The zero-order chi connectivity index (χ0) is 17.1. The molecule has 0 amide bonds. The summed E-state index contributed by atoms with van der Waals surface area (Å²) in [7, 11) is 1.63. The van der Waals surface area contributed by atoms with E-state index >= 15 is 0 Å². The molecule has 0 aromatic carbocycles. The first kappa shape index (κ1) is 17.0. The van der Waals surface area contributed by atoms with Gasteiger partial charge in [0.1, 0.15) is 18.2 Å². The Hall–Kier alpha value is -1.44. The number of hydrogen-bond donors (Lipinski definition) is 0. The van der Waals surface area contributed by atoms with Gasteiger partial charge >= 0.3 is 0 Å². The van der Waals surface area contributed by atoms with Gasteiger partial charge in [-0.1, -0.05) is 0 Å². The van der Waals surface area contributed by atoms with Crippen molar-refractivity contribution in [2.75, 3.05) is 51.4 Å². The molecule has 3 atom stereocenters. The Balaban J connectivity index is 1.36. The number of methoxy groups -OCH3 is 1. The number of fused-ring (bicyclic) bond motifs is 1. The predicted molar refractivity (Wildman–Crippen MR) is 94.1 cm³/mol. The van der Waals surface area contributed by atoms with Gasteiger partial charge < -0.3 is 24.0 Å². The molecule has 1 saturated carbocycles. The van der Waals surface area contributed by atoms with Crippen LogP contribution >= 0.6 is 0 Å². The summed E-state index contributed by atoms with van der Waals surface area (Å²) >= 11 is 0. The topological polar surface area (TPSA) is 60.0 Å². The first-order chi connectivity index (χ1) is 12.3. The van der Waals surface area contributed by atoms with E-state index in [0.717, 1.165) is 38.4 Å². The summed E-state index contributed by atoms with van der Waals surface area (Å²) in [4.78, 5) is 13.4. The van der Waals surface area contributed by atoms with Crippen molar-refractivity contribution < 1.29 is 14.2 Å². The second-order valence-electron chi connectivity index (χ2n) is 7.05. The second-order valence-corrected chi connectivity index (χ2v) is 7.05. The van der Waals surface area contributed by atoms with Crippen molar-refractivity contribution >= 4 is 5.82 Å². The molecule has 0 radical (unpaired) electrons. The molecule has 138 valence electrons. The van der Waals surface area contributed by atoms with Gasteiger partial charge in [-0.25, -0.2) is 9.97 Å². The molecule has 2 saturated heterocycles. The largest absolute Gasteiger partial charge is 0.481 e. The summed E-state index contributed by atoms with van der Waals surface area (Å²) in [5.41, 5.74) is 0. The van der Waals surface area contributed by atoms with E-state index < -0.39 is 0 Å². The van der Waals surface area contributed by atoms with Crippen molar-refractivity contribution in [3.63, 3.8) is 0 Å². The maximum Gasteiger partial charge on any atom is 0.218 e. The molecule has 2 aliphatic heterocycles. The maximum absolute atomic E-state index is 6.21. The minimum Gasteiger partial charge on any atom is -0.481 e. The molecule has 0 unspecified atom stereocenters. The van der Waals surface area contributed by atoms with Crippen LogP contribution in [-0.4, -0.2) is 79.6 Å². The predicted octanol–water partition coefficient (Wildman–Crippen LogP) is 1.33. The zero-order valence-electron chi connectivity index (χ0n) is 15.0. The van der Waals surface area contributed by atoms with Gasteiger partial charge in [-0.2, -0.15) is 0 Å². The lowest BCUT2D eigenvalue weighted by atomic mass is 10.1. The highest BCUT2D eigenvalue weighted by Gasteiger charge is 2.44. The van der Waals surface area contributed by atoms with E-state index in [1.54, 1.807) is 13.4 Å². The molecule has 3 fully saturated rings. The van der Waals surface area contributed by atoms with Crippen LogP contribution in [0.25, 0.3) is 0 Å². The Labute approximate surface area is 149 Å². The summed E-state index contributed by atoms with van der Waals surface area (Å²) < 4.78 is 17.5. The van der Waals surface area contributed by atoms with E-state index in [1.165, 1.54) is 25.9 Å². The van der Waals surface area contributed by atoms with Crippen molar-refractivity contribution in [1.29, 1.82) is 0 Å². The monoisotopic (exact) mass is 348 g/mol. The number of likely N-dealkylation sites (tertiary alicyclic amines) is 1. The van der Waals surface area contributed by atoms with Crippen molar-refractivity contribution in [3.8, 4) is 5.88 Å². The third-order valence-corrected chi connectivity index (χ3v) is 5.60. The number of hydrogen-bond acceptors (Lipinski definition) is 7. The fourth-order valence-corrected chi connectivity index (χ4v) is 4.32. The number of rotatable bonds is 6. The third-order valence-electron chi connectivity index (χ3n) is 5.60. The molecule has 0 N–H and O–H groups in total. The fourth-order valence-electron chi connectivity index (χ4n) is 4.32. The number of ether oxygens (including phenoxy) is 3. The Morgan fingerprint density at radius 2 is 2.08 bits per heavy atom. The molecule has 0 spiro atoms. The molecule has 1 aromatic heterocycles. The van der Waals surface area contributed by atoms with Crippen LogP contribution in [0.5, 0.6) is 5.88 Å². The highest BCUT2D eigenvalue weighted by atomic mass is 16.5. The molecule has 1 aliphatic carbocycles. The van der Waals surface area contributed by atoms with Gasteiger partial charge in [0.25, 0.3) is 0 Å². The van der Waals surface area contributed by atoms with Crippen molar-refractivity contribution in [2.45, 2.75) is 43.9 Å². The maximum atomic E-state index is 6.21. The van der Waals surface area contributed by atoms with Crippen LogP contribution in [-0.2, 0) is 9.47 Å². The molecular formula is C18H28N4O3. The van der Waals surface area contributed by atoms with Crippen molar-refractivity contribution in [2.24, 2.45) is 0 Å². The Bertz CT molecular complexity index is 567. The van der Waals surface area contributed by atoms with Crippen molar-refractivity contribution in [1.82, 2.24) is 14.9 Å². The van der Waals surface area contributed by atoms with Crippen molar-refractivity contribution in [3.05, 3.63) is 12.4 Å². The second kappa shape index (κ2) is 7.85. The molecule has 25 heavy (non-hydrogen) atoms. The van der Waals surface area contributed by atoms with Gasteiger partial charge in [0.05, 0.1) is 32.5 Å². The molecule has 3 heterocycles. The molecule has 4 rings (SSSR count).